The maximum absolute atomic E-state index is 10.0. The summed E-state index contributed by atoms with van der Waals surface area (Å²) in [7, 11) is 3.94. The highest BCUT2D eigenvalue weighted by molar-refractivity contribution is 7.10. The Morgan fingerprint density at radius 1 is 1.43 bits per heavy atom. The summed E-state index contributed by atoms with van der Waals surface area (Å²) >= 11 is 1.79. The molecule has 118 valence electrons. The smallest absolute Gasteiger partial charge is 0.144 e. The zero-order valence-corrected chi connectivity index (χ0v) is 13.9. The van der Waals surface area contributed by atoms with E-state index in [9.17, 15) is 5.11 Å². The summed E-state index contributed by atoms with van der Waals surface area (Å²) in [4.78, 5) is 6.78. The molecule has 0 radical (unpaired) electrons. The van der Waals surface area contributed by atoms with E-state index in [-0.39, 0.29) is 6.61 Å². The van der Waals surface area contributed by atoms with Crippen LogP contribution < -0.4 is 0 Å². The average molecular weight is 311 g/mol. The molecule has 0 bridgehead atoms. The van der Waals surface area contributed by atoms with Gasteiger partial charge in [0.2, 0.25) is 0 Å². The Hall–Kier alpha value is -0.950. The third-order valence-corrected chi connectivity index (χ3v) is 4.65. The van der Waals surface area contributed by atoms with Gasteiger partial charge in [0, 0.05) is 37.6 Å². The summed E-state index contributed by atoms with van der Waals surface area (Å²) in [6, 6.07) is 2.11. The number of hydrazine groups is 1. The molecule has 0 amide bonds. The lowest BCUT2D eigenvalue weighted by atomic mass is 9.97. The second-order valence-corrected chi connectivity index (χ2v) is 6.45. The quantitative estimate of drug-likeness (QED) is 0.782. The molecule has 1 heterocycles. The highest BCUT2D eigenvalue weighted by atomic mass is 32.1. The van der Waals surface area contributed by atoms with Gasteiger partial charge in [-0.25, -0.2) is 10.0 Å². The SMILES string of the molecule is CCN(CC(O)CO/N=C1\CCCc2sccc21)N(C)C. The largest absolute Gasteiger partial charge is 0.393 e. The summed E-state index contributed by atoms with van der Waals surface area (Å²) in [5, 5.41) is 20.4. The van der Waals surface area contributed by atoms with Gasteiger partial charge in [-0.2, -0.15) is 0 Å². The standard InChI is InChI=1S/C15H25N3O2S/c1-4-18(17(2)3)10-12(19)11-20-16-14-6-5-7-15-13(14)8-9-21-15/h8-9,12,19H,4-7,10-11H2,1-3H3/b16-14+. The normalized spacial score (nSPS) is 18.3. The van der Waals surface area contributed by atoms with Gasteiger partial charge in [-0.15, -0.1) is 11.3 Å². The predicted octanol–water partition coefficient (Wildman–Crippen LogP) is 1.96. The van der Waals surface area contributed by atoms with E-state index in [1.54, 1.807) is 11.3 Å². The number of aliphatic hydroxyl groups excluding tert-OH is 1. The zero-order valence-electron chi connectivity index (χ0n) is 13.1. The maximum atomic E-state index is 10.0. The molecule has 0 fully saturated rings. The van der Waals surface area contributed by atoms with Crippen LogP contribution in [0.2, 0.25) is 0 Å². The molecule has 0 saturated heterocycles. The molecule has 0 aliphatic heterocycles. The van der Waals surface area contributed by atoms with Crippen LogP contribution in [0, 0.1) is 0 Å². The van der Waals surface area contributed by atoms with Crippen molar-refractivity contribution in [2.75, 3.05) is 33.8 Å². The highest BCUT2D eigenvalue weighted by Crippen LogP contribution is 2.26. The first-order valence-electron chi connectivity index (χ1n) is 7.47. The second-order valence-electron chi connectivity index (χ2n) is 5.45. The fourth-order valence-corrected chi connectivity index (χ4v) is 3.45. The average Bonchev–Trinajstić information content (AvgIpc) is 2.93. The third kappa shape index (κ3) is 4.51. The van der Waals surface area contributed by atoms with Crippen molar-refractivity contribution >= 4 is 17.0 Å². The van der Waals surface area contributed by atoms with Crippen molar-refractivity contribution in [3.8, 4) is 0 Å². The molecule has 6 heteroatoms. The molecule has 21 heavy (non-hydrogen) atoms. The molecule has 1 atom stereocenters. The van der Waals surface area contributed by atoms with E-state index in [2.05, 4.69) is 28.5 Å². The molecule has 2 rings (SSSR count). The first-order valence-corrected chi connectivity index (χ1v) is 8.35. The van der Waals surface area contributed by atoms with Crippen LogP contribution in [-0.4, -0.2) is 60.7 Å². The lowest BCUT2D eigenvalue weighted by Gasteiger charge is -2.29. The lowest BCUT2D eigenvalue weighted by molar-refractivity contribution is -0.0393. The van der Waals surface area contributed by atoms with E-state index in [4.69, 9.17) is 4.84 Å². The molecular weight excluding hydrogens is 286 g/mol. The molecule has 1 aliphatic rings. The molecule has 0 spiro atoms. The van der Waals surface area contributed by atoms with Crippen LogP contribution in [-0.2, 0) is 11.3 Å². The lowest BCUT2D eigenvalue weighted by Crippen LogP contribution is -2.42. The molecular formula is C15H25N3O2S. The topological polar surface area (TPSA) is 48.3 Å². The highest BCUT2D eigenvalue weighted by Gasteiger charge is 2.17. The van der Waals surface area contributed by atoms with Crippen LogP contribution in [0.5, 0.6) is 0 Å². The Labute approximate surface area is 130 Å². The minimum absolute atomic E-state index is 0.229. The minimum atomic E-state index is -0.540. The minimum Gasteiger partial charge on any atom is -0.393 e. The van der Waals surface area contributed by atoms with Crippen molar-refractivity contribution in [1.29, 1.82) is 0 Å². The first kappa shape index (κ1) is 16.4. The Balaban J connectivity index is 1.83. The van der Waals surface area contributed by atoms with Crippen molar-refractivity contribution in [2.45, 2.75) is 32.3 Å². The maximum Gasteiger partial charge on any atom is 0.144 e. The van der Waals surface area contributed by atoms with Gasteiger partial charge in [-0.3, -0.25) is 0 Å². The van der Waals surface area contributed by atoms with Crippen LogP contribution >= 0.6 is 11.3 Å². The van der Waals surface area contributed by atoms with Gasteiger partial charge in [-0.05, 0) is 30.7 Å². The van der Waals surface area contributed by atoms with E-state index >= 15 is 0 Å². The van der Waals surface area contributed by atoms with Gasteiger partial charge in [0.15, 0.2) is 0 Å². The number of hydrogen-bond donors (Lipinski definition) is 1. The first-order chi connectivity index (χ1) is 10.1. The van der Waals surface area contributed by atoms with Crippen LogP contribution in [0.1, 0.15) is 30.2 Å². The van der Waals surface area contributed by atoms with Gasteiger partial charge in [-0.1, -0.05) is 12.1 Å². The predicted molar refractivity (Wildman–Crippen MR) is 86.7 cm³/mol. The number of rotatable bonds is 7. The van der Waals surface area contributed by atoms with Crippen molar-refractivity contribution in [1.82, 2.24) is 10.0 Å². The number of aliphatic hydroxyl groups is 1. The van der Waals surface area contributed by atoms with E-state index in [0.717, 1.165) is 31.5 Å². The number of likely N-dealkylation sites (N-methyl/N-ethyl adjacent to an activating group) is 1. The molecule has 1 N–H and O–H groups in total. The summed E-state index contributed by atoms with van der Waals surface area (Å²) in [5.41, 5.74) is 2.24. The zero-order chi connectivity index (χ0) is 15.2. The Kier molecular flexibility index (Phi) is 6.17. The Morgan fingerprint density at radius 3 is 2.95 bits per heavy atom. The molecule has 0 aromatic carbocycles. The van der Waals surface area contributed by atoms with Crippen LogP contribution in [0.4, 0.5) is 0 Å². The van der Waals surface area contributed by atoms with Gasteiger partial charge >= 0.3 is 0 Å². The molecule has 5 nitrogen and oxygen atoms in total. The number of aryl methyl sites for hydroxylation is 1. The number of oxime groups is 1. The van der Waals surface area contributed by atoms with Crippen LogP contribution in [0.15, 0.2) is 16.6 Å². The van der Waals surface area contributed by atoms with E-state index in [0.29, 0.717) is 6.54 Å². The Morgan fingerprint density at radius 2 is 2.24 bits per heavy atom. The number of fused-ring (bicyclic) bond motifs is 1. The van der Waals surface area contributed by atoms with E-state index in [1.165, 1.54) is 10.4 Å². The monoisotopic (exact) mass is 311 g/mol. The fourth-order valence-electron chi connectivity index (χ4n) is 2.51. The van der Waals surface area contributed by atoms with E-state index < -0.39 is 6.10 Å². The van der Waals surface area contributed by atoms with Crippen LogP contribution in [0.25, 0.3) is 0 Å². The van der Waals surface area contributed by atoms with Gasteiger partial charge in [0.25, 0.3) is 0 Å². The number of nitrogens with zero attached hydrogens (tertiary/aromatic N) is 3. The summed E-state index contributed by atoms with van der Waals surface area (Å²) in [6.07, 6.45) is 2.69. The summed E-state index contributed by atoms with van der Waals surface area (Å²) in [6.45, 7) is 3.70. The van der Waals surface area contributed by atoms with Crippen LogP contribution in [0.3, 0.4) is 0 Å². The number of thiophene rings is 1. The van der Waals surface area contributed by atoms with E-state index in [1.807, 2.05) is 19.1 Å². The Bertz CT molecular complexity index is 473. The van der Waals surface area contributed by atoms with Gasteiger partial charge in [0.05, 0.1) is 5.71 Å². The molecule has 1 aromatic rings. The number of hydrogen-bond acceptors (Lipinski definition) is 6. The van der Waals surface area contributed by atoms with Gasteiger partial charge in [0.1, 0.15) is 12.7 Å². The van der Waals surface area contributed by atoms with Crippen molar-refractivity contribution in [3.05, 3.63) is 21.9 Å². The second kappa shape index (κ2) is 7.89. The van der Waals surface area contributed by atoms with Crippen molar-refractivity contribution in [2.24, 2.45) is 5.16 Å². The van der Waals surface area contributed by atoms with Crippen molar-refractivity contribution < 1.29 is 9.94 Å². The molecule has 1 unspecified atom stereocenters. The van der Waals surface area contributed by atoms with Gasteiger partial charge < -0.3 is 9.94 Å². The molecule has 1 aromatic heterocycles. The summed E-state index contributed by atoms with van der Waals surface area (Å²) in [5.74, 6) is 0. The third-order valence-electron chi connectivity index (χ3n) is 3.67. The molecule has 1 aliphatic carbocycles. The fraction of sp³-hybridized carbons (Fsp3) is 0.667. The summed E-state index contributed by atoms with van der Waals surface area (Å²) < 4.78 is 0. The molecule has 0 saturated carbocycles. The van der Waals surface area contributed by atoms with Crippen molar-refractivity contribution in [3.63, 3.8) is 0 Å².